The Kier molecular flexibility index (Phi) is 2.81. The predicted octanol–water partition coefficient (Wildman–Crippen LogP) is 0.278. The maximum absolute atomic E-state index is 12.3. The quantitative estimate of drug-likeness (QED) is 0.770. The van der Waals surface area contributed by atoms with E-state index >= 15 is 0 Å². The average molecular weight is 262 g/mol. The van der Waals surface area contributed by atoms with Gasteiger partial charge in [0.05, 0.1) is 6.33 Å². The van der Waals surface area contributed by atoms with Gasteiger partial charge in [-0.3, -0.25) is 19.1 Å². The fraction of sp³-hybridized carbons (Fsp3) is 0.500. The molecule has 0 atom stereocenters. The highest BCUT2D eigenvalue weighted by atomic mass is 16.2. The number of aromatic amines is 2. The van der Waals surface area contributed by atoms with Crippen LogP contribution in [0.5, 0.6) is 0 Å². The van der Waals surface area contributed by atoms with Gasteiger partial charge in [-0.15, -0.1) is 0 Å². The lowest BCUT2D eigenvalue weighted by atomic mass is 9.95. The highest BCUT2D eigenvalue weighted by Gasteiger charge is 2.18. The molecule has 7 nitrogen and oxygen atoms in total. The Balaban J connectivity index is 2.23. The second kappa shape index (κ2) is 4.49. The molecule has 0 unspecified atom stereocenters. The molecule has 1 saturated carbocycles. The first kappa shape index (κ1) is 11.9. The van der Waals surface area contributed by atoms with Gasteiger partial charge in [-0.05, 0) is 12.8 Å². The van der Waals surface area contributed by atoms with Gasteiger partial charge in [-0.1, -0.05) is 19.3 Å². The van der Waals surface area contributed by atoms with Crippen molar-refractivity contribution in [3.63, 3.8) is 0 Å². The SMILES string of the molecule is O=c1[nH]c(=O)c2ncn(C3CCCCC3)c(=O)c2[nH]1. The van der Waals surface area contributed by atoms with Crippen LogP contribution in [0.4, 0.5) is 0 Å². The van der Waals surface area contributed by atoms with Crippen molar-refractivity contribution in [2.24, 2.45) is 0 Å². The van der Waals surface area contributed by atoms with Crippen LogP contribution in [0, 0.1) is 0 Å². The highest BCUT2D eigenvalue weighted by Crippen LogP contribution is 2.26. The lowest BCUT2D eigenvalue weighted by Crippen LogP contribution is -2.32. The van der Waals surface area contributed by atoms with Gasteiger partial charge >= 0.3 is 5.69 Å². The van der Waals surface area contributed by atoms with Gasteiger partial charge in [0.2, 0.25) is 0 Å². The van der Waals surface area contributed by atoms with Crippen LogP contribution < -0.4 is 16.8 Å². The van der Waals surface area contributed by atoms with Crippen molar-refractivity contribution in [2.75, 3.05) is 0 Å². The molecule has 0 spiro atoms. The second-order valence-electron chi connectivity index (χ2n) is 4.88. The van der Waals surface area contributed by atoms with Gasteiger partial charge in [0, 0.05) is 6.04 Å². The Morgan fingerprint density at radius 1 is 1.11 bits per heavy atom. The summed E-state index contributed by atoms with van der Waals surface area (Å²) in [6.45, 7) is 0. The number of hydrogen-bond acceptors (Lipinski definition) is 4. The van der Waals surface area contributed by atoms with Crippen LogP contribution in [0.3, 0.4) is 0 Å². The van der Waals surface area contributed by atoms with E-state index in [2.05, 4.69) is 15.0 Å². The highest BCUT2D eigenvalue weighted by molar-refractivity contribution is 5.70. The number of fused-ring (bicyclic) bond motifs is 1. The molecule has 3 rings (SSSR count). The van der Waals surface area contributed by atoms with Crippen molar-refractivity contribution in [3.05, 3.63) is 37.5 Å². The number of H-pyrrole nitrogens is 2. The Labute approximate surface area is 107 Å². The van der Waals surface area contributed by atoms with Gasteiger partial charge in [-0.25, -0.2) is 9.78 Å². The smallest absolute Gasteiger partial charge is 0.301 e. The van der Waals surface area contributed by atoms with Gasteiger partial charge < -0.3 is 4.98 Å². The van der Waals surface area contributed by atoms with Crippen molar-refractivity contribution >= 4 is 11.0 Å². The van der Waals surface area contributed by atoms with E-state index in [0.717, 1.165) is 25.7 Å². The van der Waals surface area contributed by atoms with Gasteiger partial charge in [0.15, 0.2) is 5.52 Å². The van der Waals surface area contributed by atoms with Crippen LogP contribution in [-0.4, -0.2) is 19.5 Å². The van der Waals surface area contributed by atoms with E-state index in [9.17, 15) is 14.4 Å². The number of hydrogen-bond donors (Lipinski definition) is 2. The molecular weight excluding hydrogens is 248 g/mol. The summed E-state index contributed by atoms with van der Waals surface area (Å²) in [4.78, 5) is 43.6. The molecule has 0 saturated heterocycles. The Bertz CT molecular complexity index is 780. The normalized spacial score (nSPS) is 16.8. The van der Waals surface area contributed by atoms with E-state index in [4.69, 9.17) is 0 Å². The molecule has 1 aliphatic rings. The summed E-state index contributed by atoms with van der Waals surface area (Å²) in [6.07, 6.45) is 6.63. The van der Waals surface area contributed by atoms with Crippen molar-refractivity contribution in [3.8, 4) is 0 Å². The van der Waals surface area contributed by atoms with Gasteiger partial charge in [0.25, 0.3) is 11.1 Å². The Morgan fingerprint density at radius 3 is 2.58 bits per heavy atom. The topological polar surface area (TPSA) is 101 Å². The minimum absolute atomic E-state index is 0.0122. The molecule has 100 valence electrons. The minimum Gasteiger partial charge on any atom is -0.301 e. The van der Waals surface area contributed by atoms with Crippen LogP contribution in [0.15, 0.2) is 20.7 Å². The first-order valence-electron chi connectivity index (χ1n) is 6.40. The van der Waals surface area contributed by atoms with Crippen molar-refractivity contribution < 1.29 is 0 Å². The number of nitrogens with zero attached hydrogens (tertiary/aromatic N) is 2. The van der Waals surface area contributed by atoms with Crippen LogP contribution in [0.2, 0.25) is 0 Å². The predicted molar refractivity (Wildman–Crippen MR) is 69.4 cm³/mol. The molecule has 2 heterocycles. The van der Waals surface area contributed by atoms with Crippen molar-refractivity contribution in [1.29, 1.82) is 0 Å². The van der Waals surface area contributed by atoms with Gasteiger partial charge in [0.1, 0.15) is 5.52 Å². The van der Waals surface area contributed by atoms with E-state index in [-0.39, 0.29) is 22.6 Å². The Morgan fingerprint density at radius 2 is 1.84 bits per heavy atom. The molecule has 0 amide bonds. The molecule has 0 aromatic carbocycles. The number of nitrogens with one attached hydrogen (secondary N) is 2. The molecule has 2 N–H and O–H groups in total. The van der Waals surface area contributed by atoms with Crippen LogP contribution in [-0.2, 0) is 0 Å². The van der Waals surface area contributed by atoms with E-state index in [0.29, 0.717) is 0 Å². The third-order valence-electron chi connectivity index (χ3n) is 3.65. The van der Waals surface area contributed by atoms with E-state index < -0.39 is 11.2 Å². The fourth-order valence-electron chi connectivity index (χ4n) is 2.68. The molecule has 7 heteroatoms. The van der Waals surface area contributed by atoms with Crippen molar-refractivity contribution in [1.82, 2.24) is 19.5 Å². The maximum atomic E-state index is 12.3. The minimum atomic E-state index is -0.683. The summed E-state index contributed by atoms with van der Waals surface area (Å²) in [5.74, 6) is 0. The first-order valence-corrected chi connectivity index (χ1v) is 6.40. The van der Waals surface area contributed by atoms with Crippen LogP contribution in [0.25, 0.3) is 11.0 Å². The molecule has 2 aromatic rings. The summed E-state index contributed by atoms with van der Waals surface area (Å²) in [7, 11) is 0. The zero-order valence-corrected chi connectivity index (χ0v) is 10.3. The summed E-state index contributed by atoms with van der Waals surface area (Å²) in [6, 6.07) is 0.112. The molecule has 0 bridgehead atoms. The molecule has 19 heavy (non-hydrogen) atoms. The van der Waals surface area contributed by atoms with Crippen molar-refractivity contribution in [2.45, 2.75) is 38.1 Å². The average Bonchev–Trinajstić information content (AvgIpc) is 2.41. The molecule has 0 radical (unpaired) electrons. The summed E-state index contributed by atoms with van der Waals surface area (Å²) in [5, 5.41) is 0. The standard InChI is InChI=1S/C12H14N4O3/c17-10-8-9(14-12(19)15-10)11(18)16(6-13-8)7-4-2-1-3-5-7/h6-7H,1-5H2,(H2,14,15,17,19). The van der Waals surface area contributed by atoms with E-state index in [1.165, 1.54) is 17.3 Å². The molecule has 0 aliphatic heterocycles. The zero-order chi connectivity index (χ0) is 13.4. The molecule has 1 aliphatic carbocycles. The first-order chi connectivity index (χ1) is 9.16. The third kappa shape index (κ3) is 2.00. The molecular formula is C12H14N4O3. The lowest BCUT2D eigenvalue weighted by molar-refractivity contribution is 0.344. The molecule has 2 aromatic heterocycles. The summed E-state index contributed by atoms with van der Waals surface area (Å²) in [5.41, 5.74) is -1.69. The number of aromatic nitrogens is 4. The second-order valence-corrected chi connectivity index (χ2v) is 4.88. The lowest BCUT2D eigenvalue weighted by Gasteiger charge is -2.23. The maximum Gasteiger partial charge on any atom is 0.326 e. The van der Waals surface area contributed by atoms with Crippen LogP contribution in [0.1, 0.15) is 38.1 Å². The van der Waals surface area contributed by atoms with Gasteiger partial charge in [-0.2, -0.15) is 0 Å². The fourth-order valence-corrected chi connectivity index (χ4v) is 2.68. The van der Waals surface area contributed by atoms with E-state index in [1.807, 2.05) is 0 Å². The van der Waals surface area contributed by atoms with Crippen LogP contribution >= 0.6 is 0 Å². The Hall–Kier alpha value is -2.18. The number of rotatable bonds is 1. The third-order valence-corrected chi connectivity index (χ3v) is 3.65. The zero-order valence-electron chi connectivity index (χ0n) is 10.3. The monoisotopic (exact) mass is 262 g/mol. The van der Waals surface area contributed by atoms with E-state index in [1.54, 1.807) is 0 Å². The molecule has 1 fully saturated rings. The summed E-state index contributed by atoms with van der Waals surface area (Å²) < 4.78 is 1.54. The largest absolute Gasteiger partial charge is 0.326 e. The summed E-state index contributed by atoms with van der Waals surface area (Å²) >= 11 is 0.